The Kier molecular flexibility index (Phi) is 6.02. The molecule has 3 aromatic rings. The van der Waals surface area contributed by atoms with Gasteiger partial charge in [-0.3, -0.25) is 10.1 Å². The quantitative estimate of drug-likeness (QED) is 0.517. The first-order valence-corrected chi connectivity index (χ1v) is 9.93. The van der Waals surface area contributed by atoms with Gasteiger partial charge in [0.15, 0.2) is 0 Å². The van der Waals surface area contributed by atoms with Crippen molar-refractivity contribution >= 4 is 46.8 Å². The summed E-state index contributed by atoms with van der Waals surface area (Å²) in [6.07, 6.45) is 1.71. The lowest BCUT2D eigenvalue weighted by Gasteiger charge is -2.08. The maximum atomic E-state index is 12.2. The van der Waals surface area contributed by atoms with Crippen LogP contribution in [-0.2, 0) is 11.4 Å². The lowest BCUT2D eigenvalue weighted by atomic mass is 10.2. The van der Waals surface area contributed by atoms with Crippen LogP contribution in [0.25, 0.3) is 6.08 Å². The number of hydrogen-bond acceptors (Lipinski definition) is 4. The van der Waals surface area contributed by atoms with Crippen molar-refractivity contribution in [1.82, 2.24) is 5.32 Å². The molecule has 0 saturated heterocycles. The summed E-state index contributed by atoms with van der Waals surface area (Å²) in [5.74, 6) is 0.773. The Morgan fingerprint density at radius 2 is 1.83 bits per heavy atom. The van der Waals surface area contributed by atoms with Crippen molar-refractivity contribution in [3.05, 3.63) is 99.7 Å². The number of rotatable bonds is 5. The average molecular weight is 438 g/mol. The Hall–Kier alpha value is -3.28. The molecule has 1 aliphatic rings. The summed E-state index contributed by atoms with van der Waals surface area (Å²) in [6.45, 7) is 0.305. The summed E-state index contributed by atoms with van der Waals surface area (Å²) < 4.78 is 5.84. The molecule has 0 atom stereocenters. The molecule has 1 aliphatic heterocycles. The number of benzene rings is 3. The zero-order chi connectivity index (χ0) is 20.9. The molecule has 150 valence electrons. The molecular formula is C23H17Cl2N3O2. The van der Waals surface area contributed by atoms with Gasteiger partial charge in [-0.25, -0.2) is 4.99 Å². The van der Waals surface area contributed by atoms with E-state index in [1.54, 1.807) is 18.2 Å². The molecule has 0 aromatic heterocycles. The molecule has 30 heavy (non-hydrogen) atoms. The molecule has 0 saturated carbocycles. The van der Waals surface area contributed by atoms with Crippen LogP contribution in [0.15, 0.2) is 83.5 Å². The predicted molar refractivity (Wildman–Crippen MR) is 121 cm³/mol. The number of nitrogens with one attached hydrogen (secondary N) is 2. The number of carbonyl (C=O) groups is 1. The maximum Gasteiger partial charge on any atom is 0.276 e. The molecule has 0 aliphatic carbocycles. The first-order valence-electron chi connectivity index (χ1n) is 9.17. The molecule has 0 fully saturated rings. The Balaban J connectivity index is 1.46. The molecule has 0 radical (unpaired) electrons. The van der Waals surface area contributed by atoms with Gasteiger partial charge in [-0.15, -0.1) is 0 Å². The summed E-state index contributed by atoms with van der Waals surface area (Å²) in [5.41, 5.74) is 2.78. The molecule has 4 rings (SSSR count). The number of ether oxygens (including phenoxy) is 1. The van der Waals surface area contributed by atoms with Gasteiger partial charge in [-0.2, -0.15) is 0 Å². The van der Waals surface area contributed by atoms with Gasteiger partial charge in [0.2, 0.25) is 5.96 Å². The summed E-state index contributed by atoms with van der Waals surface area (Å²) in [7, 11) is 0. The van der Waals surface area contributed by atoms with Crippen LogP contribution in [0.2, 0.25) is 10.0 Å². The fourth-order valence-electron chi connectivity index (χ4n) is 2.84. The minimum Gasteiger partial charge on any atom is -0.489 e. The van der Waals surface area contributed by atoms with Crippen molar-refractivity contribution in [1.29, 1.82) is 0 Å². The van der Waals surface area contributed by atoms with Gasteiger partial charge in [0.25, 0.3) is 5.91 Å². The van der Waals surface area contributed by atoms with E-state index in [0.29, 0.717) is 34.1 Å². The second-order valence-electron chi connectivity index (χ2n) is 6.53. The molecule has 5 nitrogen and oxygen atoms in total. The van der Waals surface area contributed by atoms with Crippen LogP contribution in [0.5, 0.6) is 5.75 Å². The largest absolute Gasteiger partial charge is 0.489 e. The molecule has 7 heteroatoms. The smallest absolute Gasteiger partial charge is 0.276 e. The maximum absolute atomic E-state index is 12.2. The van der Waals surface area contributed by atoms with Crippen LogP contribution in [0.3, 0.4) is 0 Å². The van der Waals surface area contributed by atoms with Gasteiger partial charge in [0.05, 0.1) is 0 Å². The predicted octanol–water partition coefficient (Wildman–Crippen LogP) is 5.51. The Morgan fingerprint density at radius 1 is 1.00 bits per heavy atom. The highest BCUT2D eigenvalue weighted by Gasteiger charge is 2.20. The van der Waals surface area contributed by atoms with Gasteiger partial charge < -0.3 is 10.1 Å². The number of hydrogen-bond donors (Lipinski definition) is 2. The minimum atomic E-state index is -0.271. The lowest BCUT2D eigenvalue weighted by molar-refractivity contribution is -0.115. The number of halogens is 2. The zero-order valence-corrected chi connectivity index (χ0v) is 17.2. The van der Waals surface area contributed by atoms with Crippen LogP contribution in [0.1, 0.15) is 11.1 Å². The molecule has 3 aromatic carbocycles. The molecule has 2 N–H and O–H groups in total. The first-order chi connectivity index (χ1) is 14.6. The van der Waals surface area contributed by atoms with Crippen molar-refractivity contribution in [3.63, 3.8) is 0 Å². The van der Waals surface area contributed by atoms with E-state index in [1.807, 2.05) is 60.7 Å². The molecular weight excluding hydrogens is 421 g/mol. The van der Waals surface area contributed by atoms with Crippen molar-refractivity contribution in [3.8, 4) is 5.75 Å². The number of aliphatic imine (C=N–C) groups is 1. The van der Waals surface area contributed by atoms with E-state index in [-0.39, 0.29) is 5.91 Å². The third-order valence-electron chi connectivity index (χ3n) is 4.30. The van der Waals surface area contributed by atoms with E-state index in [9.17, 15) is 4.79 Å². The highest BCUT2D eigenvalue weighted by molar-refractivity contribution is 6.35. The summed E-state index contributed by atoms with van der Waals surface area (Å²) in [6, 6.07) is 22.2. The van der Waals surface area contributed by atoms with E-state index in [1.165, 1.54) is 0 Å². The van der Waals surface area contributed by atoms with E-state index < -0.39 is 0 Å². The van der Waals surface area contributed by atoms with Gasteiger partial charge in [0, 0.05) is 21.3 Å². The van der Waals surface area contributed by atoms with Crippen LogP contribution >= 0.6 is 23.2 Å². The normalized spacial score (nSPS) is 14.4. The number of guanidine groups is 1. The minimum absolute atomic E-state index is 0.271. The zero-order valence-electron chi connectivity index (χ0n) is 15.7. The van der Waals surface area contributed by atoms with Crippen LogP contribution in [0.4, 0.5) is 5.69 Å². The second-order valence-corrected chi connectivity index (χ2v) is 7.38. The number of nitrogens with zero attached hydrogens (tertiary/aromatic N) is 1. The Morgan fingerprint density at radius 3 is 2.63 bits per heavy atom. The highest BCUT2D eigenvalue weighted by Crippen LogP contribution is 2.24. The van der Waals surface area contributed by atoms with Gasteiger partial charge in [-0.1, -0.05) is 59.6 Å². The van der Waals surface area contributed by atoms with Crippen molar-refractivity contribution in [2.75, 3.05) is 5.32 Å². The van der Waals surface area contributed by atoms with Crippen molar-refractivity contribution in [2.24, 2.45) is 4.99 Å². The molecule has 1 heterocycles. The lowest BCUT2D eigenvalue weighted by Crippen LogP contribution is -2.29. The summed E-state index contributed by atoms with van der Waals surface area (Å²) in [4.78, 5) is 16.6. The van der Waals surface area contributed by atoms with Gasteiger partial charge >= 0.3 is 0 Å². The SMILES string of the molecule is O=C1NC(Nc2ccccc2)=NC1=Cc1cccc(OCc2ccc(Cl)cc2Cl)c1. The van der Waals surface area contributed by atoms with E-state index in [4.69, 9.17) is 27.9 Å². The third kappa shape index (κ3) is 5.00. The second kappa shape index (κ2) is 9.03. The average Bonchev–Trinajstić information content (AvgIpc) is 3.07. The third-order valence-corrected chi connectivity index (χ3v) is 4.89. The van der Waals surface area contributed by atoms with Gasteiger partial charge in [-0.05, 0) is 48.0 Å². The molecule has 0 spiro atoms. The fraction of sp³-hybridized carbons (Fsp3) is 0.0435. The fourth-order valence-corrected chi connectivity index (χ4v) is 3.30. The Bertz CT molecular complexity index is 1140. The first kappa shape index (κ1) is 20.0. The van der Waals surface area contributed by atoms with E-state index >= 15 is 0 Å². The summed E-state index contributed by atoms with van der Waals surface area (Å²) in [5, 5.41) is 6.93. The van der Waals surface area contributed by atoms with E-state index in [0.717, 1.165) is 16.8 Å². The monoisotopic (exact) mass is 437 g/mol. The summed E-state index contributed by atoms with van der Waals surface area (Å²) >= 11 is 12.1. The number of carbonyl (C=O) groups excluding carboxylic acids is 1. The molecule has 0 unspecified atom stereocenters. The van der Waals surface area contributed by atoms with Gasteiger partial charge in [0.1, 0.15) is 18.1 Å². The van der Waals surface area contributed by atoms with Crippen LogP contribution in [-0.4, -0.2) is 11.9 Å². The molecule has 0 bridgehead atoms. The number of anilines is 1. The topological polar surface area (TPSA) is 62.7 Å². The van der Waals surface area contributed by atoms with E-state index in [2.05, 4.69) is 15.6 Å². The van der Waals surface area contributed by atoms with Crippen molar-refractivity contribution < 1.29 is 9.53 Å². The van der Waals surface area contributed by atoms with Crippen molar-refractivity contribution in [2.45, 2.75) is 6.61 Å². The van der Waals surface area contributed by atoms with Crippen LogP contribution in [0, 0.1) is 0 Å². The van der Waals surface area contributed by atoms with Crippen LogP contribution < -0.4 is 15.4 Å². The number of para-hydroxylation sites is 1. The number of amides is 1. The Labute approximate surface area is 184 Å². The molecule has 1 amide bonds. The highest BCUT2D eigenvalue weighted by atomic mass is 35.5. The standard InChI is InChI=1S/C23H17Cl2N3O2/c24-17-10-9-16(20(25)13-17)14-30-19-8-4-5-15(11-19)12-21-22(29)28-23(27-21)26-18-6-2-1-3-7-18/h1-13H,14H2,(H2,26,27,28,29).